The molecule has 1 heterocycles. The van der Waals surface area contributed by atoms with Crippen LogP contribution in [0.3, 0.4) is 0 Å². The second kappa shape index (κ2) is 5.08. The SMILES string of the molecule is CC1CCN(c2ccc(/C(N)=N/O)cc2)CC1. The van der Waals surface area contributed by atoms with E-state index in [2.05, 4.69) is 17.0 Å². The van der Waals surface area contributed by atoms with Crippen molar-refractivity contribution in [1.29, 1.82) is 0 Å². The van der Waals surface area contributed by atoms with Crippen molar-refractivity contribution in [2.24, 2.45) is 16.8 Å². The molecule has 92 valence electrons. The summed E-state index contributed by atoms with van der Waals surface area (Å²) in [4.78, 5) is 2.38. The molecule has 1 saturated heterocycles. The lowest BCUT2D eigenvalue weighted by molar-refractivity contribution is 0.318. The Kier molecular flexibility index (Phi) is 3.52. The predicted octanol–water partition coefficient (Wildman–Crippen LogP) is 2.02. The standard InChI is InChI=1S/C13H19N3O/c1-10-6-8-16(9-7-10)12-4-2-11(3-5-12)13(14)15-17/h2-5,10,17H,6-9H2,1H3,(H2,14,15). The minimum atomic E-state index is 0.156. The van der Waals surface area contributed by atoms with Crippen LogP contribution in [0.1, 0.15) is 25.3 Å². The highest BCUT2D eigenvalue weighted by molar-refractivity contribution is 5.97. The highest BCUT2D eigenvalue weighted by atomic mass is 16.4. The third kappa shape index (κ3) is 2.70. The molecule has 3 N–H and O–H groups in total. The Morgan fingerprint density at radius 2 is 1.88 bits per heavy atom. The van der Waals surface area contributed by atoms with Crippen molar-refractivity contribution >= 4 is 11.5 Å². The van der Waals surface area contributed by atoms with Crippen LogP contribution in [-0.4, -0.2) is 24.1 Å². The summed E-state index contributed by atoms with van der Waals surface area (Å²) in [6.07, 6.45) is 2.50. The molecule has 17 heavy (non-hydrogen) atoms. The molecule has 0 saturated carbocycles. The molecule has 0 spiro atoms. The maximum Gasteiger partial charge on any atom is 0.170 e. The molecular formula is C13H19N3O. The number of amidine groups is 1. The molecule has 0 aliphatic carbocycles. The van der Waals surface area contributed by atoms with E-state index in [4.69, 9.17) is 10.9 Å². The van der Waals surface area contributed by atoms with Gasteiger partial charge in [0.25, 0.3) is 0 Å². The number of piperidine rings is 1. The molecule has 1 fully saturated rings. The first kappa shape index (κ1) is 11.8. The fourth-order valence-corrected chi connectivity index (χ4v) is 2.17. The van der Waals surface area contributed by atoms with Crippen LogP contribution in [-0.2, 0) is 0 Å². The number of rotatable bonds is 2. The first-order valence-electron chi connectivity index (χ1n) is 6.03. The van der Waals surface area contributed by atoms with Gasteiger partial charge in [0, 0.05) is 24.3 Å². The molecule has 2 rings (SSSR count). The summed E-state index contributed by atoms with van der Waals surface area (Å²) in [5, 5.41) is 11.6. The third-order valence-corrected chi connectivity index (χ3v) is 3.42. The molecule has 4 nitrogen and oxygen atoms in total. The second-order valence-corrected chi connectivity index (χ2v) is 4.70. The van der Waals surface area contributed by atoms with E-state index in [0.29, 0.717) is 0 Å². The average molecular weight is 233 g/mol. The molecule has 1 aliphatic rings. The van der Waals surface area contributed by atoms with Gasteiger partial charge in [-0.25, -0.2) is 0 Å². The van der Waals surface area contributed by atoms with Crippen molar-refractivity contribution in [3.8, 4) is 0 Å². The zero-order valence-electron chi connectivity index (χ0n) is 10.1. The molecule has 4 heteroatoms. The van der Waals surface area contributed by atoms with Crippen LogP contribution in [0.25, 0.3) is 0 Å². The number of benzene rings is 1. The van der Waals surface area contributed by atoms with Crippen molar-refractivity contribution in [2.75, 3.05) is 18.0 Å². The molecule has 0 radical (unpaired) electrons. The summed E-state index contributed by atoms with van der Waals surface area (Å²) in [7, 11) is 0. The van der Waals surface area contributed by atoms with Crippen molar-refractivity contribution in [2.45, 2.75) is 19.8 Å². The van der Waals surface area contributed by atoms with Crippen LogP contribution in [0.15, 0.2) is 29.4 Å². The quantitative estimate of drug-likeness (QED) is 0.355. The second-order valence-electron chi connectivity index (χ2n) is 4.70. The topological polar surface area (TPSA) is 61.8 Å². The van der Waals surface area contributed by atoms with Gasteiger partial charge < -0.3 is 15.8 Å². The van der Waals surface area contributed by atoms with Crippen molar-refractivity contribution in [3.63, 3.8) is 0 Å². The molecule has 0 bridgehead atoms. The van der Waals surface area contributed by atoms with Gasteiger partial charge in [-0.05, 0) is 43.0 Å². The number of hydrogen-bond acceptors (Lipinski definition) is 3. The predicted molar refractivity (Wildman–Crippen MR) is 69.6 cm³/mol. The molecule has 1 aromatic rings. The van der Waals surface area contributed by atoms with Crippen LogP contribution < -0.4 is 10.6 Å². The number of nitrogens with zero attached hydrogens (tertiary/aromatic N) is 2. The van der Waals surface area contributed by atoms with Crippen molar-refractivity contribution in [1.82, 2.24) is 0 Å². The zero-order chi connectivity index (χ0) is 12.3. The number of nitrogens with two attached hydrogens (primary N) is 1. The summed E-state index contributed by atoms with van der Waals surface area (Å²) in [5.74, 6) is 0.992. The molecule has 0 aromatic heterocycles. The number of anilines is 1. The Hall–Kier alpha value is -1.71. The largest absolute Gasteiger partial charge is 0.409 e. The summed E-state index contributed by atoms with van der Waals surface area (Å²) in [6, 6.07) is 7.84. The van der Waals surface area contributed by atoms with Crippen LogP contribution in [0.4, 0.5) is 5.69 Å². The van der Waals surface area contributed by atoms with Gasteiger partial charge in [0.1, 0.15) is 0 Å². The lowest BCUT2D eigenvalue weighted by atomic mass is 9.98. The molecular weight excluding hydrogens is 214 g/mol. The van der Waals surface area contributed by atoms with E-state index in [-0.39, 0.29) is 5.84 Å². The number of oxime groups is 1. The van der Waals surface area contributed by atoms with E-state index in [1.807, 2.05) is 24.3 Å². The molecule has 0 atom stereocenters. The Morgan fingerprint density at radius 3 is 2.41 bits per heavy atom. The van der Waals surface area contributed by atoms with Crippen LogP contribution in [0, 0.1) is 5.92 Å². The van der Waals surface area contributed by atoms with E-state index < -0.39 is 0 Å². The van der Waals surface area contributed by atoms with Gasteiger partial charge in [0.05, 0.1) is 0 Å². The van der Waals surface area contributed by atoms with Gasteiger partial charge >= 0.3 is 0 Å². The zero-order valence-corrected chi connectivity index (χ0v) is 10.1. The smallest absolute Gasteiger partial charge is 0.170 e. The highest BCUT2D eigenvalue weighted by Gasteiger charge is 2.15. The van der Waals surface area contributed by atoms with Crippen LogP contribution in [0.2, 0.25) is 0 Å². The van der Waals surface area contributed by atoms with Crippen LogP contribution >= 0.6 is 0 Å². The van der Waals surface area contributed by atoms with Crippen molar-refractivity contribution < 1.29 is 5.21 Å². The molecule has 0 amide bonds. The fraction of sp³-hybridized carbons (Fsp3) is 0.462. The summed E-state index contributed by atoms with van der Waals surface area (Å²) < 4.78 is 0. The van der Waals surface area contributed by atoms with E-state index in [1.165, 1.54) is 18.5 Å². The fourth-order valence-electron chi connectivity index (χ4n) is 2.17. The minimum Gasteiger partial charge on any atom is -0.409 e. The lowest BCUT2D eigenvalue weighted by Crippen LogP contribution is -2.32. The van der Waals surface area contributed by atoms with Gasteiger partial charge in [-0.15, -0.1) is 0 Å². The highest BCUT2D eigenvalue weighted by Crippen LogP contribution is 2.23. The normalized spacial score (nSPS) is 18.4. The lowest BCUT2D eigenvalue weighted by Gasteiger charge is -2.32. The minimum absolute atomic E-state index is 0.156. The maximum atomic E-state index is 8.59. The summed E-state index contributed by atoms with van der Waals surface area (Å²) in [6.45, 7) is 4.53. The van der Waals surface area contributed by atoms with Gasteiger partial charge in [0.15, 0.2) is 5.84 Å². The summed E-state index contributed by atoms with van der Waals surface area (Å²) in [5.41, 5.74) is 7.49. The van der Waals surface area contributed by atoms with Crippen LogP contribution in [0.5, 0.6) is 0 Å². The molecule has 0 unspecified atom stereocenters. The van der Waals surface area contributed by atoms with Gasteiger partial charge in [-0.3, -0.25) is 0 Å². The Morgan fingerprint density at radius 1 is 1.29 bits per heavy atom. The molecule has 1 aromatic carbocycles. The Labute approximate surface area is 102 Å². The Balaban J connectivity index is 2.08. The van der Waals surface area contributed by atoms with Gasteiger partial charge in [-0.2, -0.15) is 0 Å². The number of hydrogen-bond donors (Lipinski definition) is 2. The maximum absolute atomic E-state index is 8.59. The molecule has 1 aliphatic heterocycles. The average Bonchev–Trinajstić information content (AvgIpc) is 2.39. The van der Waals surface area contributed by atoms with E-state index >= 15 is 0 Å². The van der Waals surface area contributed by atoms with Crippen molar-refractivity contribution in [3.05, 3.63) is 29.8 Å². The van der Waals surface area contributed by atoms with E-state index in [1.54, 1.807) is 0 Å². The first-order chi connectivity index (χ1) is 8.20. The van der Waals surface area contributed by atoms with Gasteiger partial charge in [0.2, 0.25) is 0 Å². The Bertz CT molecular complexity index is 392. The van der Waals surface area contributed by atoms with E-state index in [9.17, 15) is 0 Å². The summed E-state index contributed by atoms with van der Waals surface area (Å²) >= 11 is 0. The van der Waals surface area contributed by atoms with Gasteiger partial charge in [-0.1, -0.05) is 12.1 Å². The van der Waals surface area contributed by atoms with E-state index in [0.717, 1.165) is 24.6 Å². The first-order valence-corrected chi connectivity index (χ1v) is 6.03. The third-order valence-electron chi connectivity index (χ3n) is 3.42. The monoisotopic (exact) mass is 233 g/mol.